The van der Waals surface area contributed by atoms with Gasteiger partial charge < -0.3 is 10.2 Å². The van der Waals surface area contributed by atoms with Crippen molar-refractivity contribution in [2.75, 3.05) is 25.0 Å². The maximum Gasteiger partial charge on any atom is 0.0366 e. The number of nitrogens with one attached hydrogen (secondary N) is 1. The van der Waals surface area contributed by atoms with Crippen LogP contribution in [0.5, 0.6) is 0 Å². The molecule has 0 spiro atoms. The van der Waals surface area contributed by atoms with E-state index in [4.69, 9.17) is 0 Å². The highest BCUT2D eigenvalue weighted by Gasteiger charge is 2.17. The molecule has 1 fully saturated rings. The van der Waals surface area contributed by atoms with Crippen LogP contribution in [0.2, 0.25) is 0 Å². The van der Waals surface area contributed by atoms with Crippen LogP contribution in [0, 0.1) is 0 Å². The van der Waals surface area contributed by atoms with E-state index in [-0.39, 0.29) is 24.8 Å². The zero-order valence-electron chi connectivity index (χ0n) is 9.86. The van der Waals surface area contributed by atoms with Gasteiger partial charge in [0.25, 0.3) is 0 Å². The van der Waals surface area contributed by atoms with Gasteiger partial charge >= 0.3 is 0 Å². The van der Waals surface area contributed by atoms with Crippen molar-refractivity contribution in [2.24, 2.45) is 0 Å². The number of halogens is 3. The fraction of sp³-hybridized carbons (Fsp3) is 0.500. The van der Waals surface area contributed by atoms with Crippen LogP contribution in [0.25, 0.3) is 0 Å². The van der Waals surface area contributed by atoms with E-state index in [1.807, 2.05) is 0 Å². The van der Waals surface area contributed by atoms with Crippen molar-refractivity contribution in [3.63, 3.8) is 0 Å². The second kappa shape index (κ2) is 8.20. The van der Waals surface area contributed by atoms with Gasteiger partial charge in [-0.3, -0.25) is 0 Å². The number of nitrogens with zero attached hydrogens (tertiary/aromatic N) is 1. The first-order valence-corrected chi connectivity index (χ1v) is 6.26. The largest absolute Gasteiger partial charge is 0.371 e. The third-order valence-corrected chi connectivity index (χ3v) is 3.62. The van der Waals surface area contributed by atoms with Gasteiger partial charge in [0.1, 0.15) is 0 Å². The molecule has 0 saturated carbocycles. The molecule has 0 unspecified atom stereocenters. The number of anilines is 1. The highest BCUT2D eigenvalue weighted by Crippen LogP contribution is 2.21. The van der Waals surface area contributed by atoms with Crippen LogP contribution in [0.3, 0.4) is 0 Å². The smallest absolute Gasteiger partial charge is 0.0366 e. The minimum Gasteiger partial charge on any atom is -0.371 e. The molecule has 0 radical (unpaired) electrons. The molecule has 5 heteroatoms. The quantitative estimate of drug-likeness (QED) is 0.885. The minimum atomic E-state index is 0. The lowest BCUT2D eigenvalue weighted by Crippen LogP contribution is -2.41. The molecule has 0 aliphatic carbocycles. The molecular weight excluding hydrogens is 323 g/mol. The molecule has 0 bridgehead atoms. The lowest BCUT2D eigenvalue weighted by molar-refractivity contribution is 0.442. The van der Waals surface area contributed by atoms with Crippen LogP contribution in [0.15, 0.2) is 28.7 Å². The van der Waals surface area contributed by atoms with E-state index < -0.39 is 0 Å². The Morgan fingerprint density at radius 1 is 1.12 bits per heavy atom. The maximum atomic E-state index is 3.46. The van der Waals surface area contributed by atoms with Crippen LogP contribution in [0.1, 0.15) is 12.8 Å². The summed E-state index contributed by atoms with van der Waals surface area (Å²) < 4.78 is 1.15. The molecule has 17 heavy (non-hydrogen) atoms. The Bertz CT molecular complexity index is 311. The van der Waals surface area contributed by atoms with Crippen molar-refractivity contribution in [3.8, 4) is 0 Å². The second-order valence-electron chi connectivity index (χ2n) is 4.03. The standard InChI is InChI=1S/C12H17BrN2.2ClH/c1-14-11-6-8-15(9-7-11)12-4-2-10(13)3-5-12;;/h2-5,11,14H,6-9H2,1H3;2*1H. The summed E-state index contributed by atoms with van der Waals surface area (Å²) in [6.07, 6.45) is 2.49. The Kier molecular flexibility index (Phi) is 8.22. The van der Waals surface area contributed by atoms with E-state index in [1.54, 1.807) is 0 Å². The lowest BCUT2D eigenvalue weighted by atomic mass is 10.0. The highest BCUT2D eigenvalue weighted by molar-refractivity contribution is 9.10. The normalized spacial score (nSPS) is 16.0. The molecule has 0 atom stereocenters. The molecule has 2 nitrogen and oxygen atoms in total. The molecule has 0 amide bonds. The van der Waals surface area contributed by atoms with Gasteiger partial charge in [0.05, 0.1) is 0 Å². The predicted octanol–water partition coefficient (Wildman–Crippen LogP) is 3.48. The predicted molar refractivity (Wildman–Crippen MR) is 82.9 cm³/mol. The number of piperidine rings is 1. The van der Waals surface area contributed by atoms with Gasteiger partial charge in [0.15, 0.2) is 0 Å². The summed E-state index contributed by atoms with van der Waals surface area (Å²) in [7, 11) is 2.06. The number of benzene rings is 1. The summed E-state index contributed by atoms with van der Waals surface area (Å²) in [4.78, 5) is 2.46. The molecule has 1 aromatic carbocycles. The topological polar surface area (TPSA) is 15.3 Å². The van der Waals surface area contributed by atoms with Crippen molar-refractivity contribution in [1.29, 1.82) is 0 Å². The van der Waals surface area contributed by atoms with Crippen LogP contribution >= 0.6 is 40.7 Å². The summed E-state index contributed by atoms with van der Waals surface area (Å²) in [5.74, 6) is 0. The zero-order chi connectivity index (χ0) is 10.7. The molecular formula is C12H19BrCl2N2. The van der Waals surface area contributed by atoms with Crippen molar-refractivity contribution in [3.05, 3.63) is 28.7 Å². The van der Waals surface area contributed by atoms with Gasteiger partial charge in [-0.2, -0.15) is 0 Å². The van der Waals surface area contributed by atoms with Gasteiger partial charge in [0, 0.05) is 29.3 Å². The summed E-state index contributed by atoms with van der Waals surface area (Å²) in [6.45, 7) is 2.32. The summed E-state index contributed by atoms with van der Waals surface area (Å²) in [6, 6.07) is 9.30. The second-order valence-corrected chi connectivity index (χ2v) is 4.94. The van der Waals surface area contributed by atoms with E-state index >= 15 is 0 Å². The Labute approximate surface area is 124 Å². The van der Waals surface area contributed by atoms with Gasteiger partial charge in [-0.05, 0) is 44.2 Å². The average Bonchev–Trinajstić information content (AvgIpc) is 2.30. The Balaban J connectivity index is 0.00000128. The average molecular weight is 342 g/mol. The summed E-state index contributed by atoms with van der Waals surface area (Å²) in [5.41, 5.74) is 1.34. The summed E-state index contributed by atoms with van der Waals surface area (Å²) in [5, 5.41) is 3.35. The Hall–Kier alpha value is 0.0400. The van der Waals surface area contributed by atoms with E-state index in [1.165, 1.54) is 18.5 Å². The monoisotopic (exact) mass is 340 g/mol. The van der Waals surface area contributed by atoms with Crippen molar-refractivity contribution >= 4 is 46.4 Å². The number of rotatable bonds is 2. The van der Waals surface area contributed by atoms with E-state index in [9.17, 15) is 0 Å². The minimum absolute atomic E-state index is 0. The Morgan fingerprint density at radius 3 is 2.12 bits per heavy atom. The number of hydrogen-bond acceptors (Lipinski definition) is 2. The van der Waals surface area contributed by atoms with Gasteiger partial charge in [-0.1, -0.05) is 15.9 Å². The fourth-order valence-corrected chi connectivity index (χ4v) is 2.34. The van der Waals surface area contributed by atoms with Crippen molar-refractivity contribution < 1.29 is 0 Å². The SMILES string of the molecule is CNC1CCN(c2ccc(Br)cc2)CC1.Cl.Cl. The first-order chi connectivity index (χ1) is 7.29. The van der Waals surface area contributed by atoms with Crippen molar-refractivity contribution in [2.45, 2.75) is 18.9 Å². The molecule has 98 valence electrons. The highest BCUT2D eigenvalue weighted by atomic mass is 79.9. The van der Waals surface area contributed by atoms with E-state index in [2.05, 4.69) is 57.5 Å². The molecule has 1 heterocycles. The van der Waals surface area contributed by atoms with Crippen LogP contribution in [-0.2, 0) is 0 Å². The first kappa shape index (κ1) is 17.0. The third-order valence-electron chi connectivity index (χ3n) is 3.09. The molecule has 1 aromatic rings. The van der Waals surface area contributed by atoms with Gasteiger partial charge in [-0.25, -0.2) is 0 Å². The molecule has 2 rings (SSSR count). The van der Waals surface area contributed by atoms with E-state index in [0.717, 1.165) is 17.6 Å². The maximum absolute atomic E-state index is 3.46. The zero-order valence-corrected chi connectivity index (χ0v) is 13.1. The van der Waals surface area contributed by atoms with Crippen molar-refractivity contribution in [1.82, 2.24) is 5.32 Å². The fourth-order valence-electron chi connectivity index (χ4n) is 2.08. The lowest BCUT2D eigenvalue weighted by Gasteiger charge is -2.33. The molecule has 1 saturated heterocycles. The van der Waals surface area contributed by atoms with E-state index in [0.29, 0.717) is 6.04 Å². The molecule has 1 aliphatic heterocycles. The van der Waals surface area contributed by atoms with Crippen LogP contribution < -0.4 is 10.2 Å². The van der Waals surface area contributed by atoms with Gasteiger partial charge in [0.2, 0.25) is 0 Å². The third kappa shape index (κ3) is 4.66. The Morgan fingerprint density at radius 2 is 1.65 bits per heavy atom. The summed E-state index contributed by atoms with van der Waals surface area (Å²) >= 11 is 3.46. The number of hydrogen-bond donors (Lipinski definition) is 1. The molecule has 1 N–H and O–H groups in total. The first-order valence-electron chi connectivity index (χ1n) is 5.47. The van der Waals surface area contributed by atoms with Crippen LogP contribution in [0.4, 0.5) is 5.69 Å². The van der Waals surface area contributed by atoms with Crippen LogP contribution in [-0.4, -0.2) is 26.2 Å². The van der Waals surface area contributed by atoms with Gasteiger partial charge in [-0.15, -0.1) is 24.8 Å². The molecule has 1 aliphatic rings. The molecule has 0 aromatic heterocycles.